The van der Waals surface area contributed by atoms with E-state index in [9.17, 15) is 29.1 Å². The molecule has 0 spiro atoms. The molecule has 0 radical (unpaired) electrons. The van der Waals surface area contributed by atoms with E-state index in [2.05, 4.69) is 28.6 Å². The van der Waals surface area contributed by atoms with Crippen LogP contribution >= 0.6 is 12.6 Å². The van der Waals surface area contributed by atoms with E-state index in [1.54, 1.807) is 0 Å². The molecule has 0 aliphatic rings. The van der Waals surface area contributed by atoms with Crippen molar-refractivity contribution < 1.29 is 34.2 Å². The van der Waals surface area contributed by atoms with E-state index in [1.807, 2.05) is 0 Å². The third-order valence-corrected chi connectivity index (χ3v) is 3.77. The van der Waals surface area contributed by atoms with E-state index in [-0.39, 0.29) is 5.75 Å². The third-order valence-electron chi connectivity index (χ3n) is 3.41. The van der Waals surface area contributed by atoms with Crippen molar-refractivity contribution in [2.45, 2.75) is 50.5 Å². The molecule has 0 aromatic rings. The van der Waals surface area contributed by atoms with Gasteiger partial charge in [-0.05, 0) is 13.8 Å². The first-order valence-corrected chi connectivity index (χ1v) is 8.50. The van der Waals surface area contributed by atoms with Crippen LogP contribution in [0.1, 0.15) is 20.3 Å². The fraction of sp³-hybridized carbons (Fsp3) is 0.643. The number of primary amides is 1. The zero-order chi connectivity index (χ0) is 21.3. The summed E-state index contributed by atoms with van der Waals surface area (Å²) in [6.07, 6.45) is -1.76. The van der Waals surface area contributed by atoms with Crippen molar-refractivity contribution in [1.29, 1.82) is 0 Å². The third kappa shape index (κ3) is 8.70. The molecule has 0 saturated heterocycles. The maximum absolute atomic E-state index is 12.3. The predicted octanol–water partition coefficient (Wildman–Crippen LogP) is -3.94. The van der Waals surface area contributed by atoms with E-state index >= 15 is 0 Å². The number of carboxylic acid groups (broad SMARTS) is 1. The van der Waals surface area contributed by atoms with Gasteiger partial charge in [0.05, 0.1) is 12.5 Å². The SMILES string of the molecule is CC(NC(=O)C(CC(N)=O)NC(=O)C(CS)NC(=O)C(N)C(C)O)C(=O)O. The van der Waals surface area contributed by atoms with Crippen LogP contribution in [0.15, 0.2) is 0 Å². The van der Waals surface area contributed by atoms with Crippen LogP contribution in [0.3, 0.4) is 0 Å². The van der Waals surface area contributed by atoms with Gasteiger partial charge in [0, 0.05) is 5.75 Å². The first kappa shape index (κ1) is 24.6. The summed E-state index contributed by atoms with van der Waals surface area (Å²) in [5, 5.41) is 24.7. The number of hydrogen-bond acceptors (Lipinski definition) is 8. The number of carbonyl (C=O) groups is 5. The highest BCUT2D eigenvalue weighted by Gasteiger charge is 2.30. The summed E-state index contributed by atoms with van der Waals surface area (Å²) < 4.78 is 0. The molecule has 0 saturated carbocycles. The highest BCUT2D eigenvalue weighted by atomic mass is 32.1. The Balaban J connectivity index is 5.13. The van der Waals surface area contributed by atoms with Gasteiger partial charge in [0.2, 0.25) is 23.6 Å². The van der Waals surface area contributed by atoms with Crippen LogP contribution in [0.25, 0.3) is 0 Å². The van der Waals surface area contributed by atoms with Gasteiger partial charge in [-0.1, -0.05) is 0 Å². The second-order valence-electron chi connectivity index (χ2n) is 5.81. The van der Waals surface area contributed by atoms with Gasteiger partial charge in [0.15, 0.2) is 0 Å². The fourth-order valence-corrected chi connectivity index (χ4v) is 2.00. The minimum atomic E-state index is -1.46. The van der Waals surface area contributed by atoms with E-state index in [0.29, 0.717) is 0 Å². The number of nitrogens with two attached hydrogens (primary N) is 2. The summed E-state index contributed by atoms with van der Waals surface area (Å²) >= 11 is 3.93. The Labute approximate surface area is 160 Å². The number of rotatable bonds is 11. The highest BCUT2D eigenvalue weighted by Crippen LogP contribution is 1.99. The summed E-state index contributed by atoms with van der Waals surface area (Å²) in [4.78, 5) is 58.2. The number of nitrogens with one attached hydrogen (secondary N) is 3. The van der Waals surface area contributed by atoms with Crippen LogP contribution in [-0.2, 0) is 24.0 Å². The Morgan fingerprint density at radius 1 is 0.963 bits per heavy atom. The Hall–Kier alpha value is -2.38. The Bertz CT molecular complexity index is 586. The van der Waals surface area contributed by atoms with Crippen molar-refractivity contribution in [2.75, 3.05) is 5.75 Å². The molecule has 5 unspecified atom stereocenters. The zero-order valence-electron chi connectivity index (χ0n) is 14.8. The summed E-state index contributed by atoms with van der Waals surface area (Å²) in [6.45, 7) is 2.48. The molecule has 0 bridgehead atoms. The molecule has 0 aromatic heterocycles. The molecule has 27 heavy (non-hydrogen) atoms. The number of carbonyl (C=O) groups excluding carboxylic acids is 4. The van der Waals surface area contributed by atoms with E-state index in [1.165, 1.54) is 13.8 Å². The lowest BCUT2D eigenvalue weighted by atomic mass is 10.1. The number of aliphatic hydroxyl groups excluding tert-OH is 1. The molecule has 12 nitrogen and oxygen atoms in total. The van der Waals surface area contributed by atoms with Gasteiger partial charge >= 0.3 is 5.97 Å². The molecule has 9 N–H and O–H groups in total. The number of aliphatic hydroxyl groups is 1. The average molecular weight is 407 g/mol. The predicted molar refractivity (Wildman–Crippen MR) is 96.4 cm³/mol. The first-order chi connectivity index (χ1) is 12.4. The Kier molecular flexibility index (Phi) is 10.4. The van der Waals surface area contributed by atoms with Gasteiger partial charge in [-0.15, -0.1) is 0 Å². The molecule has 0 fully saturated rings. The smallest absolute Gasteiger partial charge is 0.325 e. The van der Waals surface area contributed by atoms with Crippen molar-refractivity contribution >= 4 is 42.2 Å². The minimum absolute atomic E-state index is 0.180. The van der Waals surface area contributed by atoms with Gasteiger partial charge in [-0.3, -0.25) is 24.0 Å². The lowest BCUT2D eigenvalue weighted by Crippen LogP contribution is -2.59. The largest absolute Gasteiger partial charge is 0.480 e. The van der Waals surface area contributed by atoms with Gasteiger partial charge in [0.1, 0.15) is 24.2 Å². The van der Waals surface area contributed by atoms with Gasteiger partial charge in [0.25, 0.3) is 0 Å². The van der Waals surface area contributed by atoms with E-state index in [0.717, 1.165) is 0 Å². The molecule has 0 aromatic carbocycles. The number of aliphatic carboxylic acids is 1. The Morgan fingerprint density at radius 2 is 1.44 bits per heavy atom. The number of thiol groups is 1. The summed E-state index contributed by atoms with van der Waals surface area (Å²) in [5.74, 6) is -5.06. The number of hydrogen-bond donors (Lipinski definition) is 8. The molecule has 154 valence electrons. The number of amides is 4. The van der Waals surface area contributed by atoms with Crippen LogP contribution in [0, 0.1) is 0 Å². The van der Waals surface area contributed by atoms with Crippen molar-refractivity contribution in [3.8, 4) is 0 Å². The van der Waals surface area contributed by atoms with Crippen LogP contribution in [0.4, 0.5) is 0 Å². The van der Waals surface area contributed by atoms with Crippen LogP contribution in [0.5, 0.6) is 0 Å². The number of carboxylic acids is 1. The lowest BCUT2D eigenvalue weighted by Gasteiger charge is -2.23. The van der Waals surface area contributed by atoms with Crippen molar-refractivity contribution in [3.05, 3.63) is 0 Å². The second-order valence-corrected chi connectivity index (χ2v) is 6.18. The molecule has 5 atom stereocenters. The molecule has 13 heteroatoms. The molecule has 0 aliphatic heterocycles. The van der Waals surface area contributed by atoms with Crippen LogP contribution in [0.2, 0.25) is 0 Å². The quantitative estimate of drug-likeness (QED) is 0.158. The molecule has 0 heterocycles. The maximum atomic E-state index is 12.3. The normalized spacial score (nSPS) is 16.2. The summed E-state index contributed by atoms with van der Waals surface area (Å²) in [6, 6.07) is -5.25. The molecular weight excluding hydrogens is 382 g/mol. The second kappa shape index (κ2) is 11.4. The highest BCUT2D eigenvalue weighted by molar-refractivity contribution is 7.80. The molecule has 0 rings (SSSR count). The summed E-state index contributed by atoms with van der Waals surface area (Å²) in [5.41, 5.74) is 10.5. The van der Waals surface area contributed by atoms with Crippen LogP contribution < -0.4 is 27.4 Å². The standard InChI is InChI=1S/C14H25N5O7S/c1-5(14(25)26)17-11(22)7(3-9(15)21)18-12(23)8(4-27)19-13(24)10(16)6(2)20/h5-8,10,20,27H,3-4,16H2,1-2H3,(H2,15,21)(H,17,22)(H,18,23)(H,19,24)(H,25,26). The van der Waals surface area contributed by atoms with E-state index < -0.39 is 66.3 Å². The van der Waals surface area contributed by atoms with Gasteiger partial charge in [-0.25, -0.2) is 0 Å². The average Bonchev–Trinajstić information content (AvgIpc) is 2.56. The van der Waals surface area contributed by atoms with E-state index in [4.69, 9.17) is 16.6 Å². The van der Waals surface area contributed by atoms with Crippen molar-refractivity contribution in [3.63, 3.8) is 0 Å². The monoisotopic (exact) mass is 407 g/mol. The topological polar surface area (TPSA) is 214 Å². The Morgan fingerprint density at radius 3 is 1.85 bits per heavy atom. The van der Waals surface area contributed by atoms with Gasteiger partial charge < -0.3 is 37.6 Å². The van der Waals surface area contributed by atoms with Crippen molar-refractivity contribution in [1.82, 2.24) is 16.0 Å². The lowest BCUT2D eigenvalue weighted by molar-refractivity contribution is -0.142. The fourth-order valence-electron chi connectivity index (χ4n) is 1.74. The summed E-state index contributed by atoms with van der Waals surface area (Å²) in [7, 11) is 0. The van der Waals surface area contributed by atoms with Gasteiger partial charge in [-0.2, -0.15) is 12.6 Å². The molecular formula is C14H25N5O7S. The van der Waals surface area contributed by atoms with Crippen LogP contribution in [-0.4, -0.2) is 75.8 Å². The first-order valence-electron chi connectivity index (χ1n) is 7.87. The molecule has 0 aliphatic carbocycles. The van der Waals surface area contributed by atoms with Crippen molar-refractivity contribution in [2.24, 2.45) is 11.5 Å². The molecule has 4 amide bonds. The minimum Gasteiger partial charge on any atom is -0.480 e. The maximum Gasteiger partial charge on any atom is 0.325 e. The zero-order valence-corrected chi connectivity index (χ0v) is 15.7.